The average molecular weight is 404 g/mol. The fraction of sp³-hybridized carbons (Fsp3) is 0.381. The van der Waals surface area contributed by atoms with E-state index in [-0.39, 0.29) is 23.5 Å². The molecule has 1 fully saturated rings. The summed E-state index contributed by atoms with van der Waals surface area (Å²) in [4.78, 5) is 14.9. The van der Waals surface area contributed by atoms with E-state index in [0.29, 0.717) is 30.9 Å². The lowest BCUT2D eigenvalue weighted by Gasteiger charge is -2.28. The molecule has 2 aromatic rings. The normalized spacial score (nSPS) is 17.9. The summed E-state index contributed by atoms with van der Waals surface area (Å²) in [5.74, 6) is 1.38. The smallest absolute Gasteiger partial charge is 0.254 e. The van der Waals surface area contributed by atoms with Gasteiger partial charge in [-0.3, -0.25) is 4.79 Å². The molecule has 1 aliphatic heterocycles. The lowest BCUT2D eigenvalue weighted by molar-refractivity contribution is 0.0681. The Morgan fingerprint density at radius 2 is 1.71 bits per heavy atom. The van der Waals surface area contributed by atoms with Crippen LogP contribution in [0.3, 0.4) is 0 Å². The molecule has 0 aromatic heterocycles. The zero-order valence-electron chi connectivity index (χ0n) is 16.1. The summed E-state index contributed by atoms with van der Waals surface area (Å²) in [6, 6.07) is 14.1. The molecule has 1 atom stereocenters. The fourth-order valence-corrected chi connectivity index (χ4v) is 5.07. The van der Waals surface area contributed by atoms with Gasteiger partial charge in [0, 0.05) is 18.2 Å². The number of amides is 1. The second-order valence-electron chi connectivity index (χ2n) is 6.80. The van der Waals surface area contributed by atoms with E-state index in [1.807, 2.05) is 31.2 Å². The monoisotopic (exact) mass is 403 g/mol. The number of nitrogens with zero attached hydrogens (tertiary/aromatic N) is 1. The Morgan fingerprint density at radius 1 is 1.07 bits per heavy atom. The molecule has 0 aliphatic carbocycles. The Bertz CT molecular complexity index is 907. The summed E-state index contributed by atoms with van der Waals surface area (Å²) < 4.78 is 34.6. The van der Waals surface area contributed by atoms with Gasteiger partial charge in [0.2, 0.25) is 0 Å². The number of sulfone groups is 1. The molecule has 28 heavy (non-hydrogen) atoms. The number of rotatable bonds is 7. The number of carbonyl (C=O) groups is 1. The Morgan fingerprint density at radius 3 is 2.25 bits per heavy atom. The Hall–Kier alpha value is -2.54. The molecule has 0 saturated carbocycles. The molecule has 0 radical (unpaired) electrons. The van der Waals surface area contributed by atoms with Crippen LogP contribution in [0.4, 0.5) is 0 Å². The summed E-state index contributed by atoms with van der Waals surface area (Å²) in [5, 5.41) is 0. The molecule has 0 spiro atoms. The van der Waals surface area contributed by atoms with Crippen molar-refractivity contribution in [3.05, 3.63) is 59.7 Å². The molecule has 150 valence electrons. The lowest BCUT2D eigenvalue weighted by Crippen LogP contribution is -2.40. The first-order valence-corrected chi connectivity index (χ1v) is 11.1. The number of carbonyl (C=O) groups excluding carboxylic acids is 1. The van der Waals surface area contributed by atoms with Crippen molar-refractivity contribution < 1.29 is 22.7 Å². The van der Waals surface area contributed by atoms with Gasteiger partial charge in [-0.15, -0.1) is 0 Å². The number of hydrogen-bond donors (Lipinski definition) is 0. The molecule has 6 nitrogen and oxygen atoms in total. The predicted molar refractivity (Wildman–Crippen MR) is 108 cm³/mol. The van der Waals surface area contributed by atoms with Crippen LogP contribution in [-0.2, 0) is 16.4 Å². The van der Waals surface area contributed by atoms with Gasteiger partial charge in [0.15, 0.2) is 9.84 Å². The third-order valence-corrected chi connectivity index (χ3v) is 6.58. The Kier molecular flexibility index (Phi) is 6.24. The van der Waals surface area contributed by atoms with Crippen molar-refractivity contribution in [3.8, 4) is 11.5 Å². The van der Waals surface area contributed by atoms with Gasteiger partial charge in [-0.2, -0.15) is 0 Å². The zero-order chi connectivity index (χ0) is 20.1. The summed E-state index contributed by atoms with van der Waals surface area (Å²) in [7, 11) is -1.51. The molecule has 2 aromatic carbocycles. The first-order chi connectivity index (χ1) is 13.4. The maximum absolute atomic E-state index is 13.2. The zero-order valence-corrected chi connectivity index (χ0v) is 16.9. The van der Waals surface area contributed by atoms with E-state index in [1.54, 1.807) is 36.3 Å². The van der Waals surface area contributed by atoms with Gasteiger partial charge in [0.1, 0.15) is 11.5 Å². The highest BCUT2D eigenvalue weighted by atomic mass is 32.2. The number of benzene rings is 2. The fourth-order valence-electron chi connectivity index (χ4n) is 3.34. The van der Waals surface area contributed by atoms with Gasteiger partial charge in [-0.25, -0.2) is 8.42 Å². The van der Waals surface area contributed by atoms with E-state index in [9.17, 15) is 13.2 Å². The van der Waals surface area contributed by atoms with E-state index in [1.165, 1.54) is 0 Å². The van der Waals surface area contributed by atoms with Crippen molar-refractivity contribution in [2.24, 2.45) is 0 Å². The molecule has 1 heterocycles. The molecular weight excluding hydrogens is 378 g/mol. The van der Waals surface area contributed by atoms with E-state index in [2.05, 4.69) is 0 Å². The van der Waals surface area contributed by atoms with Gasteiger partial charge in [0.05, 0.1) is 25.2 Å². The van der Waals surface area contributed by atoms with Crippen molar-refractivity contribution in [2.75, 3.05) is 25.2 Å². The van der Waals surface area contributed by atoms with Gasteiger partial charge >= 0.3 is 0 Å². The molecule has 7 heteroatoms. The third kappa shape index (κ3) is 4.84. The van der Waals surface area contributed by atoms with E-state index in [0.717, 1.165) is 11.3 Å². The van der Waals surface area contributed by atoms with Crippen molar-refractivity contribution in [1.82, 2.24) is 4.90 Å². The standard InChI is InChI=1S/C21H25NO5S/c1-3-27-20-10-6-17(7-11-20)21(23)22(18-12-13-28(24,25)15-18)14-16-4-8-19(26-2)9-5-16/h4-11,18H,3,12-15H2,1-2H3/t18-/m1/s1. The Balaban J connectivity index is 1.85. The van der Waals surface area contributed by atoms with Crippen molar-refractivity contribution in [1.29, 1.82) is 0 Å². The number of hydrogen-bond acceptors (Lipinski definition) is 5. The minimum atomic E-state index is -3.11. The molecule has 1 amide bonds. The van der Waals surface area contributed by atoms with Crippen LogP contribution in [0, 0.1) is 0 Å². The minimum Gasteiger partial charge on any atom is -0.497 e. The van der Waals surface area contributed by atoms with E-state index in [4.69, 9.17) is 9.47 Å². The first-order valence-electron chi connectivity index (χ1n) is 9.29. The van der Waals surface area contributed by atoms with Gasteiger partial charge in [-0.05, 0) is 55.3 Å². The topological polar surface area (TPSA) is 72.9 Å². The van der Waals surface area contributed by atoms with E-state index < -0.39 is 9.84 Å². The first kappa shape index (κ1) is 20.2. The minimum absolute atomic E-state index is 0.00588. The van der Waals surface area contributed by atoms with Crippen molar-refractivity contribution in [2.45, 2.75) is 25.9 Å². The van der Waals surface area contributed by atoms with Crippen LogP contribution in [0.25, 0.3) is 0 Å². The SMILES string of the molecule is CCOc1ccc(C(=O)N(Cc2ccc(OC)cc2)[C@@H]2CCS(=O)(=O)C2)cc1. The molecule has 1 saturated heterocycles. The second kappa shape index (κ2) is 8.65. The molecular formula is C21H25NO5S. The predicted octanol–water partition coefficient (Wildman–Crippen LogP) is 2.92. The van der Waals surface area contributed by atoms with Crippen molar-refractivity contribution >= 4 is 15.7 Å². The maximum Gasteiger partial charge on any atom is 0.254 e. The summed E-state index contributed by atoms with van der Waals surface area (Å²) in [6.45, 7) is 2.79. The van der Waals surface area contributed by atoms with Gasteiger partial charge in [-0.1, -0.05) is 12.1 Å². The highest BCUT2D eigenvalue weighted by molar-refractivity contribution is 7.91. The quantitative estimate of drug-likeness (QED) is 0.711. The third-order valence-electron chi connectivity index (χ3n) is 4.83. The molecule has 0 bridgehead atoms. The summed E-state index contributed by atoms with van der Waals surface area (Å²) in [5.41, 5.74) is 1.44. The second-order valence-corrected chi connectivity index (χ2v) is 9.02. The largest absolute Gasteiger partial charge is 0.497 e. The van der Waals surface area contributed by atoms with Crippen LogP contribution < -0.4 is 9.47 Å². The van der Waals surface area contributed by atoms with Crippen molar-refractivity contribution in [3.63, 3.8) is 0 Å². The molecule has 1 aliphatic rings. The maximum atomic E-state index is 13.2. The number of methoxy groups -OCH3 is 1. The van der Waals surface area contributed by atoms with Crippen LogP contribution in [-0.4, -0.2) is 50.5 Å². The highest BCUT2D eigenvalue weighted by Crippen LogP contribution is 2.24. The summed E-state index contributed by atoms with van der Waals surface area (Å²) >= 11 is 0. The van der Waals surface area contributed by atoms with Crippen LogP contribution in [0.15, 0.2) is 48.5 Å². The van der Waals surface area contributed by atoms with E-state index >= 15 is 0 Å². The lowest BCUT2D eigenvalue weighted by atomic mass is 10.1. The van der Waals surface area contributed by atoms with Crippen LogP contribution in [0.5, 0.6) is 11.5 Å². The van der Waals surface area contributed by atoms with Gasteiger partial charge < -0.3 is 14.4 Å². The van der Waals surface area contributed by atoms with Crippen LogP contribution in [0.1, 0.15) is 29.3 Å². The van der Waals surface area contributed by atoms with Crippen LogP contribution in [0.2, 0.25) is 0 Å². The van der Waals surface area contributed by atoms with Gasteiger partial charge in [0.25, 0.3) is 5.91 Å². The average Bonchev–Trinajstić information content (AvgIpc) is 3.06. The molecule has 0 N–H and O–H groups in total. The molecule has 0 unspecified atom stereocenters. The molecule has 3 rings (SSSR count). The van der Waals surface area contributed by atoms with Crippen LogP contribution >= 0.6 is 0 Å². The summed E-state index contributed by atoms with van der Waals surface area (Å²) in [6.07, 6.45) is 0.460. The highest BCUT2D eigenvalue weighted by Gasteiger charge is 2.35. The number of ether oxygens (including phenoxy) is 2. The Labute approximate surface area is 166 Å².